The molecule has 0 bridgehead atoms. The predicted molar refractivity (Wildman–Crippen MR) is 69.4 cm³/mol. The van der Waals surface area contributed by atoms with E-state index in [1.807, 2.05) is 12.2 Å². The third-order valence-corrected chi connectivity index (χ3v) is 4.16. The molecule has 0 aromatic rings. The summed E-state index contributed by atoms with van der Waals surface area (Å²) in [6.45, 7) is 2.24. The molecule has 2 aliphatic carbocycles. The van der Waals surface area contributed by atoms with Crippen molar-refractivity contribution in [3.63, 3.8) is 0 Å². The zero-order valence-electron chi connectivity index (χ0n) is 10.7. The van der Waals surface area contributed by atoms with Gasteiger partial charge in [0.15, 0.2) is 0 Å². The molecule has 1 amide bonds. The van der Waals surface area contributed by atoms with E-state index in [0.29, 0.717) is 6.04 Å². The summed E-state index contributed by atoms with van der Waals surface area (Å²) in [7, 11) is 0. The van der Waals surface area contributed by atoms with Gasteiger partial charge in [-0.25, -0.2) is 0 Å². The fourth-order valence-electron chi connectivity index (χ4n) is 3.02. The molecule has 1 fully saturated rings. The van der Waals surface area contributed by atoms with Crippen LogP contribution in [-0.4, -0.2) is 18.0 Å². The number of carbonyl (C=O) groups excluding carboxylic acids is 1. The van der Waals surface area contributed by atoms with Gasteiger partial charge in [0.1, 0.15) is 0 Å². The standard InChI is InChI=1S/C14H24N2O/c1-2-10-4-3-5-13(8-10)16-14(17)11-6-7-12(15)9-11/h6-7,10-13H,2-5,8-9,15H2,1H3,(H,16,17). The van der Waals surface area contributed by atoms with E-state index in [1.165, 1.54) is 19.3 Å². The van der Waals surface area contributed by atoms with Crippen molar-refractivity contribution < 1.29 is 4.79 Å². The summed E-state index contributed by atoms with van der Waals surface area (Å²) in [6, 6.07) is 0.465. The fourth-order valence-corrected chi connectivity index (χ4v) is 3.02. The van der Waals surface area contributed by atoms with Crippen molar-refractivity contribution in [2.24, 2.45) is 17.6 Å². The molecule has 3 heteroatoms. The van der Waals surface area contributed by atoms with Gasteiger partial charge in [-0.3, -0.25) is 4.79 Å². The Bertz CT molecular complexity index is 301. The number of amides is 1. The Morgan fingerprint density at radius 1 is 1.35 bits per heavy atom. The average Bonchev–Trinajstić information content (AvgIpc) is 2.76. The molecule has 17 heavy (non-hydrogen) atoms. The molecule has 96 valence electrons. The van der Waals surface area contributed by atoms with Crippen molar-refractivity contribution in [3.8, 4) is 0 Å². The van der Waals surface area contributed by atoms with E-state index >= 15 is 0 Å². The van der Waals surface area contributed by atoms with E-state index < -0.39 is 0 Å². The molecule has 0 aliphatic heterocycles. The molecule has 4 unspecified atom stereocenters. The van der Waals surface area contributed by atoms with E-state index in [1.54, 1.807) is 0 Å². The molecular weight excluding hydrogens is 212 g/mol. The van der Waals surface area contributed by atoms with Gasteiger partial charge in [0, 0.05) is 12.1 Å². The number of carbonyl (C=O) groups is 1. The van der Waals surface area contributed by atoms with E-state index in [-0.39, 0.29) is 17.9 Å². The van der Waals surface area contributed by atoms with Crippen LogP contribution in [0.1, 0.15) is 45.4 Å². The van der Waals surface area contributed by atoms with Crippen LogP contribution in [0.2, 0.25) is 0 Å². The third-order valence-electron chi connectivity index (χ3n) is 4.16. The van der Waals surface area contributed by atoms with E-state index in [0.717, 1.165) is 25.2 Å². The van der Waals surface area contributed by atoms with Gasteiger partial charge in [-0.15, -0.1) is 0 Å². The van der Waals surface area contributed by atoms with Gasteiger partial charge in [0.05, 0.1) is 5.92 Å². The van der Waals surface area contributed by atoms with Crippen LogP contribution in [0.5, 0.6) is 0 Å². The topological polar surface area (TPSA) is 55.1 Å². The largest absolute Gasteiger partial charge is 0.353 e. The van der Waals surface area contributed by atoms with Gasteiger partial charge >= 0.3 is 0 Å². The second-order valence-corrected chi connectivity index (χ2v) is 5.54. The normalized spacial score (nSPS) is 37.1. The first-order valence-corrected chi connectivity index (χ1v) is 6.93. The van der Waals surface area contributed by atoms with Crippen molar-refractivity contribution in [1.82, 2.24) is 5.32 Å². The summed E-state index contributed by atoms with van der Waals surface area (Å²) in [5.41, 5.74) is 5.77. The van der Waals surface area contributed by atoms with Gasteiger partial charge < -0.3 is 11.1 Å². The van der Waals surface area contributed by atoms with Crippen molar-refractivity contribution in [2.75, 3.05) is 0 Å². The zero-order chi connectivity index (χ0) is 12.3. The molecule has 3 N–H and O–H groups in total. The van der Waals surface area contributed by atoms with Gasteiger partial charge in [-0.1, -0.05) is 38.3 Å². The molecule has 0 heterocycles. The first-order valence-electron chi connectivity index (χ1n) is 6.93. The molecule has 4 atom stereocenters. The smallest absolute Gasteiger partial charge is 0.227 e. The quantitative estimate of drug-likeness (QED) is 0.736. The highest BCUT2D eigenvalue weighted by Gasteiger charge is 2.27. The Morgan fingerprint density at radius 3 is 2.82 bits per heavy atom. The van der Waals surface area contributed by atoms with Crippen LogP contribution in [-0.2, 0) is 4.79 Å². The lowest BCUT2D eigenvalue weighted by molar-refractivity contribution is -0.124. The van der Waals surface area contributed by atoms with Crippen LogP contribution >= 0.6 is 0 Å². The Labute approximate surface area is 104 Å². The number of rotatable bonds is 3. The summed E-state index contributed by atoms with van der Waals surface area (Å²) in [5.74, 6) is 0.985. The van der Waals surface area contributed by atoms with Crippen LogP contribution in [0.25, 0.3) is 0 Å². The molecule has 1 saturated carbocycles. The van der Waals surface area contributed by atoms with Gasteiger partial charge in [0.2, 0.25) is 5.91 Å². The molecule has 0 radical (unpaired) electrons. The zero-order valence-corrected chi connectivity index (χ0v) is 10.7. The van der Waals surface area contributed by atoms with Crippen LogP contribution in [0.4, 0.5) is 0 Å². The summed E-state index contributed by atoms with van der Waals surface area (Å²) in [6.07, 6.45) is 10.8. The molecule has 2 aliphatic rings. The summed E-state index contributed by atoms with van der Waals surface area (Å²) in [5, 5.41) is 3.20. The van der Waals surface area contributed by atoms with Crippen molar-refractivity contribution in [3.05, 3.63) is 12.2 Å². The summed E-state index contributed by atoms with van der Waals surface area (Å²) < 4.78 is 0. The first-order chi connectivity index (χ1) is 8.19. The maximum Gasteiger partial charge on any atom is 0.227 e. The molecule has 0 saturated heterocycles. The highest BCUT2D eigenvalue weighted by Crippen LogP contribution is 2.27. The van der Waals surface area contributed by atoms with Crippen LogP contribution < -0.4 is 11.1 Å². The van der Waals surface area contributed by atoms with Gasteiger partial charge in [-0.05, 0) is 25.2 Å². The monoisotopic (exact) mass is 236 g/mol. The van der Waals surface area contributed by atoms with Crippen molar-refractivity contribution in [2.45, 2.75) is 57.5 Å². The predicted octanol–water partition coefficient (Wildman–Crippen LogP) is 1.97. The van der Waals surface area contributed by atoms with E-state index in [9.17, 15) is 4.79 Å². The minimum absolute atomic E-state index is 0.00648. The summed E-state index contributed by atoms with van der Waals surface area (Å²) in [4.78, 5) is 12.0. The van der Waals surface area contributed by atoms with Crippen LogP contribution in [0, 0.1) is 11.8 Å². The fraction of sp³-hybridized carbons (Fsp3) is 0.786. The van der Waals surface area contributed by atoms with E-state index in [4.69, 9.17) is 5.73 Å². The molecular formula is C14H24N2O. The van der Waals surface area contributed by atoms with Crippen molar-refractivity contribution >= 4 is 5.91 Å². The third kappa shape index (κ3) is 3.32. The second kappa shape index (κ2) is 5.67. The first kappa shape index (κ1) is 12.6. The number of nitrogens with one attached hydrogen (secondary N) is 1. The SMILES string of the molecule is CCC1CCCC(NC(=O)C2C=CC(N)C2)C1. The number of hydrogen-bond donors (Lipinski definition) is 2. The molecule has 3 nitrogen and oxygen atoms in total. The second-order valence-electron chi connectivity index (χ2n) is 5.54. The Kier molecular flexibility index (Phi) is 4.21. The van der Waals surface area contributed by atoms with Gasteiger partial charge in [0.25, 0.3) is 0 Å². The Balaban J connectivity index is 1.80. The lowest BCUT2D eigenvalue weighted by atomic mass is 9.84. The minimum atomic E-state index is 0.00648. The molecule has 0 aromatic heterocycles. The molecule has 2 rings (SSSR count). The van der Waals surface area contributed by atoms with Gasteiger partial charge in [-0.2, -0.15) is 0 Å². The highest BCUT2D eigenvalue weighted by atomic mass is 16.1. The minimum Gasteiger partial charge on any atom is -0.353 e. The average molecular weight is 236 g/mol. The van der Waals surface area contributed by atoms with Crippen LogP contribution in [0.3, 0.4) is 0 Å². The number of nitrogens with two attached hydrogens (primary N) is 1. The van der Waals surface area contributed by atoms with Crippen LogP contribution in [0.15, 0.2) is 12.2 Å². The molecule has 0 spiro atoms. The Morgan fingerprint density at radius 2 is 2.18 bits per heavy atom. The maximum atomic E-state index is 12.0. The highest BCUT2D eigenvalue weighted by molar-refractivity contribution is 5.81. The lowest BCUT2D eigenvalue weighted by Crippen LogP contribution is -2.41. The van der Waals surface area contributed by atoms with Crippen molar-refractivity contribution in [1.29, 1.82) is 0 Å². The van der Waals surface area contributed by atoms with E-state index in [2.05, 4.69) is 12.2 Å². The maximum absolute atomic E-state index is 12.0. The summed E-state index contributed by atoms with van der Waals surface area (Å²) >= 11 is 0. The molecule has 0 aromatic carbocycles. The lowest BCUT2D eigenvalue weighted by Gasteiger charge is -2.29. The number of hydrogen-bond acceptors (Lipinski definition) is 2. The Hall–Kier alpha value is -0.830.